The summed E-state index contributed by atoms with van der Waals surface area (Å²) >= 11 is 0. The Labute approximate surface area is 192 Å². The summed E-state index contributed by atoms with van der Waals surface area (Å²) in [5.41, 5.74) is 6.54. The number of anilines is 3. The molecule has 0 amide bonds. The van der Waals surface area contributed by atoms with Gasteiger partial charge in [0.15, 0.2) is 0 Å². The molecule has 33 heavy (non-hydrogen) atoms. The van der Waals surface area contributed by atoms with Crippen molar-refractivity contribution in [2.75, 3.05) is 17.7 Å². The van der Waals surface area contributed by atoms with E-state index < -0.39 is 0 Å². The second kappa shape index (κ2) is 9.17. The van der Waals surface area contributed by atoms with Crippen molar-refractivity contribution >= 4 is 34.6 Å². The van der Waals surface area contributed by atoms with Crippen molar-refractivity contribution < 1.29 is 0 Å². The highest BCUT2D eigenvalue weighted by Gasteiger charge is 2.15. The Balaban J connectivity index is 1.86. The monoisotopic (exact) mass is 431 g/mol. The largest absolute Gasteiger partial charge is 0.372 e. The van der Waals surface area contributed by atoms with Gasteiger partial charge in [0.1, 0.15) is 17.7 Å². The Morgan fingerprint density at radius 1 is 1.00 bits per heavy atom. The van der Waals surface area contributed by atoms with Gasteiger partial charge in [0.25, 0.3) is 0 Å². The Hall–Kier alpha value is -4.75. The van der Waals surface area contributed by atoms with Crippen LogP contribution in [0.2, 0.25) is 0 Å². The van der Waals surface area contributed by atoms with Crippen LogP contribution in [-0.4, -0.2) is 22.0 Å². The summed E-state index contributed by atoms with van der Waals surface area (Å²) in [6, 6.07) is 17.7. The van der Waals surface area contributed by atoms with E-state index >= 15 is 0 Å². The molecule has 0 saturated heterocycles. The maximum Gasteiger partial charge on any atom is 0.230 e. The normalized spacial score (nSPS) is 10.7. The molecule has 0 spiro atoms. The number of pyridine rings is 1. The van der Waals surface area contributed by atoms with Crippen LogP contribution in [0.5, 0.6) is 0 Å². The SMILES string of the molecule is CNc1nc(Nc2ccc(C#N)cn2)nc2c(-c3c(C)cc(/C=C/C#N)cc3C)cccc12. The molecule has 2 aromatic carbocycles. The average Bonchev–Trinajstić information content (AvgIpc) is 2.82. The second-order valence-corrected chi connectivity index (χ2v) is 7.51. The first-order valence-electron chi connectivity index (χ1n) is 10.3. The van der Waals surface area contributed by atoms with Crippen LogP contribution in [0.15, 0.2) is 54.7 Å². The molecule has 2 heterocycles. The Bertz CT molecular complexity index is 1430. The quantitative estimate of drug-likeness (QED) is 0.401. The zero-order valence-corrected chi connectivity index (χ0v) is 18.5. The molecule has 0 aliphatic heterocycles. The number of hydrogen-bond donors (Lipinski definition) is 2. The molecule has 0 aliphatic carbocycles. The molecule has 0 unspecified atom stereocenters. The fourth-order valence-electron chi connectivity index (χ4n) is 3.90. The van der Waals surface area contributed by atoms with Crippen LogP contribution in [-0.2, 0) is 0 Å². The van der Waals surface area contributed by atoms with Gasteiger partial charge in [0, 0.05) is 30.3 Å². The molecule has 160 valence electrons. The van der Waals surface area contributed by atoms with Gasteiger partial charge in [-0.3, -0.25) is 0 Å². The highest BCUT2D eigenvalue weighted by molar-refractivity contribution is 6.01. The van der Waals surface area contributed by atoms with E-state index in [0.717, 1.165) is 38.7 Å². The predicted octanol–water partition coefficient (Wildman–Crippen LogP) is 5.50. The van der Waals surface area contributed by atoms with Crippen LogP contribution in [0.25, 0.3) is 28.1 Å². The fourth-order valence-corrected chi connectivity index (χ4v) is 3.90. The zero-order valence-electron chi connectivity index (χ0n) is 18.5. The number of nitrogens with one attached hydrogen (secondary N) is 2. The third-order valence-corrected chi connectivity index (χ3v) is 5.27. The van der Waals surface area contributed by atoms with Crippen molar-refractivity contribution in [2.45, 2.75) is 13.8 Å². The summed E-state index contributed by atoms with van der Waals surface area (Å²) in [4.78, 5) is 13.7. The summed E-state index contributed by atoms with van der Waals surface area (Å²) < 4.78 is 0. The van der Waals surface area contributed by atoms with Crippen LogP contribution >= 0.6 is 0 Å². The van der Waals surface area contributed by atoms with Crippen LogP contribution in [0, 0.1) is 36.5 Å². The summed E-state index contributed by atoms with van der Waals surface area (Å²) in [6.45, 7) is 4.12. The van der Waals surface area contributed by atoms with Gasteiger partial charge >= 0.3 is 0 Å². The minimum absolute atomic E-state index is 0.403. The molecule has 2 N–H and O–H groups in total. The number of aryl methyl sites for hydroxylation is 2. The number of aromatic nitrogens is 3. The van der Waals surface area contributed by atoms with Crippen LogP contribution in [0.4, 0.5) is 17.6 Å². The van der Waals surface area contributed by atoms with Gasteiger partial charge in [-0.05, 0) is 60.4 Å². The lowest BCUT2D eigenvalue weighted by molar-refractivity contribution is 1.18. The number of hydrogen-bond acceptors (Lipinski definition) is 7. The number of rotatable bonds is 5. The third-order valence-electron chi connectivity index (χ3n) is 5.27. The van der Waals surface area contributed by atoms with Crippen molar-refractivity contribution in [1.82, 2.24) is 15.0 Å². The standard InChI is InChI=1S/C26H21N7/c1-16-12-18(6-5-11-27)13-17(2)23(16)20-7-4-8-21-24(20)32-26(33-25(21)29-3)31-22-10-9-19(14-28)15-30-22/h4-10,12-13,15H,1-3H3,(H2,29,30,31,32,33)/b6-5+. The van der Waals surface area contributed by atoms with E-state index in [2.05, 4.69) is 58.7 Å². The number of nitriles is 2. The molecule has 2 aromatic heterocycles. The lowest BCUT2D eigenvalue weighted by Crippen LogP contribution is -2.04. The van der Waals surface area contributed by atoms with Crippen LogP contribution in [0.3, 0.4) is 0 Å². The summed E-state index contributed by atoms with van der Waals surface area (Å²) in [6.07, 6.45) is 4.79. The van der Waals surface area contributed by atoms with Gasteiger partial charge in [0.2, 0.25) is 5.95 Å². The Morgan fingerprint density at radius 3 is 2.42 bits per heavy atom. The van der Waals surface area contributed by atoms with Crippen LogP contribution < -0.4 is 10.6 Å². The molecule has 0 fully saturated rings. The van der Waals surface area contributed by atoms with E-state index in [-0.39, 0.29) is 0 Å². The smallest absolute Gasteiger partial charge is 0.230 e. The minimum Gasteiger partial charge on any atom is -0.372 e. The average molecular weight is 432 g/mol. The molecule has 4 aromatic rings. The number of fused-ring (bicyclic) bond motifs is 1. The van der Waals surface area contributed by atoms with Gasteiger partial charge < -0.3 is 10.6 Å². The van der Waals surface area contributed by atoms with Crippen LogP contribution in [0.1, 0.15) is 22.3 Å². The lowest BCUT2D eigenvalue weighted by atomic mass is 9.92. The number of benzene rings is 2. The van der Waals surface area contributed by atoms with Crippen molar-refractivity contribution in [3.63, 3.8) is 0 Å². The summed E-state index contributed by atoms with van der Waals surface area (Å²) in [5.74, 6) is 1.65. The highest BCUT2D eigenvalue weighted by Crippen LogP contribution is 2.36. The summed E-state index contributed by atoms with van der Waals surface area (Å²) in [5, 5.41) is 25.0. The van der Waals surface area contributed by atoms with Crippen molar-refractivity contribution in [1.29, 1.82) is 10.5 Å². The molecule has 7 heteroatoms. The topological polar surface area (TPSA) is 110 Å². The number of para-hydroxylation sites is 1. The predicted molar refractivity (Wildman–Crippen MR) is 131 cm³/mol. The minimum atomic E-state index is 0.403. The Kier molecular flexibility index (Phi) is 5.97. The van der Waals surface area contributed by atoms with Crippen molar-refractivity contribution in [2.24, 2.45) is 0 Å². The van der Waals surface area contributed by atoms with E-state index in [9.17, 15) is 0 Å². The first kappa shape index (κ1) is 21.5. The molecule has 0 atom stereocenters. The number of nitrogens with zero attached hydrogens (tertiary/aromatic N) is 5. The molecule has 0 aliphatic rings. The van der Waals surface area contributed by atoms with Gasteiger partial charge in [-0.25, -0.2) is 9.97 Å². The Morgan fingerprint density at radius 2 is 1.79 bits per heavy atom. The highest BCUT2D eigenvalue weighted by atomic mass is 15.2. The maximum atomic E-state index is 8.99. The molecule has 7 nitrogen and oxygen atoms in total. The lowest BCUT2D eigenvalue weighted by Gasteiger charge is -2.16. The fraction of sp³-hybridized carbons (Fsp3) is 0.115. The molecular formula is C26H21N7. The van der Waals surface area contributed by atoms with Gasteiger partial charge in [-0.1, -0.05) is 24.3 Å². The van der Waals surface area contributed by atoms with Crippen molar-refractivity contribution in [3.8, 4) is 23.3 Å². The molecule has 0 bridgehead atoms. The van der Waals surface area contributed by atoms with Gasteiger partial charge in [-0.2, -0.15) is 15.5 Å². The van der Waals surface area contributed by atoms with Gasteiger partial charge in [-0.15, -0.1) is 0 Å². The first-order valence-corrected chi connectivity index (χ1v) is 10.3. The third kappa shape index (κ3) is 4.34. The number of allylic oxidation sites excluding steroid dienone is 1. The maximum absolute atomic E-state index is 8.99. The first-order chi connectivity index (χ1) is 16.0. The molecule has 4 rings (SSSR count). The van der Waals surface area contributed by atoms with E-state index in [1.54, 1.807) is 18.2 Å². The van der Waals surface area contributed by atoms with E-state index in [1.807, 2.05) is 25.2 Å². The van der Waals surface area contributed by atoms with E-state index in [4.69, 9.17) is 15.5 Å². The second-order valence-electron chi connectivity index (χ2n) is 7.51. The summed E-state index contributed by atoms with van der Waals surface area (Å²) in [7, 11) is 1.82. The molecule has 0 radical (unpaired) electrons. The molecular weight excluding hydrogens is 410 g/mol. The van der Waals surface area contributed by atoms with E-state index in [0.29, 0.717) is 23.1 Å². The van der Waals surface area contributed by atoms with Gasteiger partial charge in [0.05, 0.1) is 17.1 Å². The van der Waals surface area contributed by atoms with E-state index in [1.165, 1.54) is 12.3 Å². The van der Waals surface area contributed by atoms with Crippen molar-refractivity contribution in [3.05, 3.63) is 77.0 Å². The molecule has 0 saturated carbocycles. The zero-order chi connectivity index (χ0) is 23.4.